The number of hydrogen-bond donors (Lipinski definition) is 2. The van der Waals surface area contributed by atoms with Crippen molar-refractivity contribution in [3.63, 3.8) is 0 Å². The highest BCUT2D eigenvalue weighted by molar-refractivity contribution is 5.21. The molecule has 0 fully saturated rings. The Bertz CT molecular complexity index is 572. The lowest BCUT2D eigenvalue weighted by atomic mass is 10.0. The summed E-state index contributed by atoms with van der Waals surface area (Å²) in [5, 5.41) is 13.2. The van der Waals surface area contributed by atoms with Gasteiger partial charge in [-0.1, -0.05) is 6.07 Å². The summed E-state index contributed by atoms with van der Waals surface area (Å²) in [5.74, 6) is -0.664. The van der Waals surface area contributed by atoms with Gasteiger partial charge in [0.25, 0.3) is 0 Å². The minimum Gasteiger partial charge on any atom is -0.467 e. The summed E-state index contributed by atoms with van der Waals surface area (Å²) >= 11 is 0. The van der Waals surface area contributed by atoms with E-state index < -0.39 is 17.7 Å². The second-order valence-corrected chi connectivity index (χ2v) is 5.22. The predicted octanol–water partition coefficient (Wildman–Crippen LogP) is 3.72. The Balaban J connectivity index is 1.94. The first kappa shape index (κ1) is 15.7. The van der Waals surface area contributed by atoms with Gasteiger partial charge in [-0.15, -0.1) is 0 Å². The van der Waals surface area contributed by atoms with E-state index in [1.165, 1.54) is 18.4 Å². The van der Waals surface area contributed by atoms with Crippen molar-refractivity contribution in [2.75, 3.05) is 0 Å². The van der Waals surface area contributed by atoms with Crippen LogP contribution in [-0.4, -0.2) is 11.1 Å². The van der Waals surface area contributed by atoms with Crippen molar-refractivity contribution in [1.29, 1.82) is 0 Å². The molecule has 3 nitrogen and oxygen atoms in total. The van der Waals surface area contributed by atoms with Crippen molar-refractivity contribution in [1.82, 2.24) is 5.32 Å². The molecule has 0 amide bonds. The summed E-state index contributed by atoms with van der Waals surface area (Å²) in [7, 11) is 0. The molecule has 0 aliphatic carbocycles. The molecule has 3 atom stereocenters. The molecule has 1 aromatic carbocycles. The molecule has 21 heavy (non-hydrogen) atoms. The van der Waals surface area contributed by atoms with Crippen LogP contribution in [0.3, 0.4) is 0 Å². The highest BCUT2D eigenvalue weighted by Crippen LogP contribution is 2.22. The summed E-state index contributed by atoms with van der Waals surface area (Å²) in [6.45, 7) is 3.69. The maximum atomic E-state index is 13.7. The Hall–Kier alpha value is -1.72. The maximum absolute atomic E-state index is 13.7. The first-order valence-electron chi connectivity index (χ1n) is 6.90. The molecule has 0 radical (unpaired) electrons. The van der Waals surface area contributed by atoms with Gasteiger partial charge in [0.2, 0.25) is 0 Å². The molecule has 0 saturated heterocycles. The largest absolute Gasteiger partial charge is 0.467 e. The van der Waals surface area contributed by atoms with Crippen LogP contribution in [0.5, 0.6) is 0 Å². The molecule has 1 heterocycles. The first-order chi connectivity index (χ1) is 9.97. The lowest BCUT2D eigenvalue weighted by Gasteiger charge is -2.22. The summed E-state index contributed by atoms with van der Waals surface area (Å²) in [6.07, 6.45) is 1.22. The zero-order valence-corrected chi connectivity index (χ0v) is 12.0. The Morgan fingerprint density at radius 3 is 2.62 bits per heavy atom. The van der Waals surface area contributed by atoms with Gasteiger partial charge in [0, 0.05) is 23.7 Å². The van der Waals surface area contributed by atoms with E-state index in [-0.39, 0.29) is 12.1 Å². The van der Waals surface area contributed by atoms with Crippen LogP contribution in [0.4, 0.5) is 8.78 Å². The van der Waals surface area contributed by atoms with Crippen LogP contribution >= 0.6 is 0 Å². The van der Waals surface area contributed by atoms with Crippen LogP contribution in [0.25, 0.3) is 0 Å². The van der Waals surface area contributed by atoms with Gasteiger partial charge in [-0.2, -0.15) is 0 Å². The third-order valence-corrected chi connectivity index (χ3v) is 3.41. The van der Waals surface area contributed by atoms with Gasteiger partial charge in [0.05, 0.1) is 6.26 Å². The Morgan fingerprint density at radius 1 is 1.24 bits per heavy atom. The van der Waals surface area contributed by atoms with E-state index in [4.69, 9.17) is 4.42 Å². The molecule has 0 spiro atoms. The quantitative estimate of drug-likeness (QED) is 0.853. The molecule has 2 N–H and O–H groups in total. The highest BCUT2D eigenvalue weighted by atomic mass is 19.1. The fourth-order valence-corrected chi connectivity index (χ4v) is 2.37. The molecule has 0 bridgehead atoms. The first-order valence-corrected chi connectivity index (χ1v) is 6.90. The van der Waals surface area contributed by atoms with Gasteiger partial charge in [0.15, 0.2) is 0 Å². The van der Waals surface area contributed by atoms with E-state index in [0.717, 1.165) is 6.07 Å². The Morgan fingerprint density at radius 2 is 2.00 bits per heavy atom. The standard InChI is InChI=1S/C16H19F2NO2/c1-10(8-15(20)16-4-3-7-21-16)19-11(2)13-6-5-12(17)9-14(13)18/h3-7,9-11,15,19-20H,8H2,1-2H3. The molecule has 2 rings (SSSR count). The summed E-state index contributed by atoms with van der Waals surface area (Å²) in [5.41, 5.74) is 0.399. The third-order valence-electron chi connectivity index (χ3n) is 3.41. The molecule has 0 aliphatic heterocycles. The number of aliphatic hydroxyl groups is 1. The van der Waals surface area contributed by atoms with Gasteiger partial charge < -0.3 is 14.8 Å². The minimum absolute atomic E-state index is 0.0652. The number of benzene rings is 1. The average Bonchev–Trinajstić information content (AvgIpc) is 2.91. The van der Waals surface area contributed by atoms with Gasteiger partial charge in [-0.3, -0.25) is 0 Å². The predicted molar refractivity (Wildman–Crippen MR) is 75.7 cm³/mol. The number of nitrogens with one attached hydrogen (secondary N) is 1. The number of furan rings is 1. The number of rotatable bonds is 6. The van der Waals surface area contributed by atoms with Crippen LogP contribution in [0.1, 0.15) is 43.7 Å². The van der Waals surface area contributed by atoms with Crippen LogP contribution < -0.4 is 5.32 Å². The summed E-state index contributed by atoms with van der Waals surface area (Å²) < 4.78 is 31.7. The zero-order chi connectivity index (χ0) is 15.4. The van der Waals surface area contributed by atoms with E-state index in [1.54, 1.807) is 19.1 Å². The smallest absolute Gasteiger partial charge is 0.132 e. The second-order valence-electron chi connectivity index (χ2n) is 5.22. The van der Waals surface area contributed by atoms with Crippen molar-refractivity contribution in [3.8, 4) is 0 Å². The Labute approximate surface area is 122 Å². The molecule has 0 aliphatic rings. The van der Waals surface area contributed by atoms with Crippen molar-refractivity contribution in [2.45, 2.75) is 38.5 Å². The fraction of sp³-hybridized carbons (Fsp3) is 0.375. The SMILES string of the molecule is CC(CC(O)c1ccco1)NC(C)c1ccc(F)cc1F. The van der Waals surface area contributed by atoms with Gasteiger partial charge in [-0.05, 0) is 38.5 Å². The van der Waals surface area contributed by atoms with E-state index in [9.17, 15) is 13.9 Å². The molecule has 5 heteroatoms. The van der Waals surface area contributed by atoms with Crippen LogP contribution in [-0.2, 0) is 0 Å². The maximum Gasteiger partial charge on any atom is 0.132 e. The molecule has 2 aromatic rings. The number of aliphatic hydroxyl groups excluding tert-OH is 1. The van der Waals surface area contributed by atoms with Crippen molar-refractivity contribution in [3.05, 3.63) is 59.6 Å². The van der Waals surface area contributed by atoms with Crippen molar-refractivity contribution < 1.29 is 18.3 Å². The molecule has 1 aromatic heterocycles. The zero-order valence-electron chi connectivity index (χ0n) is 12.0. The lowest BCUT2D eigenvalue weighted by Crippen LogP contribution is -2.30. The second kappa shape index (κ2) is 6.83. The van der Waals surface area contributed by atoms with Crippen LogP contribution in [0, 0.1) is 11.6 Å². The highest BCUT2D eigenvalue weighted by Gasteiger charge is 2.18. The topological polar surface area (TPSA) is 45.4 Å². The Kier molecular flexibility index (Phi) is 5.09. The van der Waals surface area contributed by atoms with Crippen molar-refractivity contribution in [2.24, 2.45) is 0 Å². The average molecular weight is 295 g/mol. The molecule has 3 unspecified atom stereocenters. The lowest BCUT2D eigenvalue weighted by molar-refractivity contribution is 0.127. The molecular weight excluding hydrogens is 276 g/mol. The summed E-state index contributed by atoms with van der Waals surface area (Å²) in [6, 6.07) is 6.61. The molecular formula is C16H19F2NO2. The van der Waals surface area contributed by atoms with E-state index >= 15 is 0 Å². The van der Waals surface area contributed by atoms with Crippen LogP contribution in [0.2, 0.25) is 0 Å². The van der Waals surface area contributed by atoms with Crippen LogP contribution in [0.15, 0.2) is 41.0 Å². The minimum atomic E-state index is -0.715. The van der Waals surface area contributed by atoms with E-state index in [2.05, 4.69) is 5.32 Å². The van der Waals surface area contributed by atoms with Gasteiger partial charge >= 0.3 is 0 Å². The monoisotopic (exact) mass is 295 g/mol. The third kappa shape index (κ3) is 4.12. The van der Waals surface area contributed by atoms with Gasteiger partial charge in [-0.25, -0.2) is 8.78 Å². The van der Waals surface area contributed by atoms with E-state index in [1.807, 2.05) is 6.92 Å². The number of hydrogen-bond acceptors (Lipinski definition) is 3. The summed E-state index contributed by atoms with van der Waals surface area (Å²) in [4.78, 5) is 0. The van der Waals surface area contributed by atoms with Gasteiger partial charge in [0.1, 0.15) is 23.5 Å². The fourth-order valence-electron chi connectivity index (χ4n) is 2.37. The van der Waals surface area contributed by atoms with Crippen molar-refractivity contribution >= 4 is 0 Å². The normalized spacial score (nSPS) is 15.7. The number of halogens is 2. The van der Waals surface area contributed by atoms with E-state index in [0.29, 0.717) is 17.7 Å². The molecule has 0 saturated carbocycles. The molecule has 114 valence electrons.